The summed E-state index contributed by atoms with van der Waals surface area (Å²) in [6, 6.07) is 18.2. The number of nitrogens with one attached hydrogen (secondary N) is 1. The molecule has 0 aromatic heterocycles. The molecular weight excluding hydrogens is 365 g/mol. The van der Waals surface area contributed by atoms with Crippen molar-refractivity contribution in [3.05, 3.63) is 88.2 Å². The van der Waals surface area contributed by atoms with Gasteiger partial charge in [-0.15, -0.1) is 0 Å². The fourth-order valence-electron chi connectivity index (χ4n) is 2.68. The Labute approximate surface area is 163 Å². The van der Waals surface area contributed by atoms with Crippen molar-refractivity contribution in [1.29, 1.82) is 0 Å². The van der Waals surface area contributed by atoms with Crippen molar-refractivity contribution in [3.63, 3.8) is 0 Å². The van der Waals surface area contributed by atoms with Crippen LogP contribution in [0.5, 0.6) is 11.5 Å². The van der Waals surface area contributed by atoms with Gasteiger partial charge in [0.05, 0.1) is 12.1 Å². The molecule has 140 valence electrons. The van der Waals surface area contributed by atoms with Crippen LogP contribution >= 0.6 is 11.6 Å². The Kier molecular flexibility index (Phi) is 6.20. The molecule has 0 aliphatic heterocycles. The second kappa shape index (κ2) is 8.78. The first-order valence-corrected chi connectivity index (χ1v) is 8.98. The summed E-state index contributed by atoms with van der Waals surface area (Å²) in [5, 5.41) is 3.72. The number of hydrogen-bond donors (Lipinski definition) is 1. The van der Waals surface area contributed by atoms with Crippen molar-refractivity contribution in [2.24, 2.45) is 0 Å². The molecule has 0 heterocycles. The van der Waals surface area contributed by atoms with E-state index in [9.17, 15) is 4.39 Å². The highest BCUT2D eigenvalue weighted by molar-refractivity contribution is 6.31. The monoisotopic (exact) mass is 385 g/mol. The highest BCUT2D eigenvalue weighted by atomic mass is 35.5. The molecule has 0 unspecified atom stereocenters. The quantitative estimate of drug-likeness (QED) is 0.542. The van der Waals surface area contributed by atoms with Crippen LogP contribution in [0.2, 0.25) is 5.02 Å². The third kappa shape index (κ3) is 4.92. The lowest BCUT2D eigenvalue weighted by Crippen LogP contribution is -2.05. The molecule has 0 saturated carbocycles. The van der Waals surface area contributed by atoms with Gasteiger partial charge in [0, 0.05) is 23.4 Å². The SMILES string of the molecule is COc1cccc(CNc2ccc(C)cc2)c1OCc1ccc(F)cc1Cl. The van der Waals surface area contributed by atoms with Crippen LogP contribution in [0.3, 0.4) is 0 Å². The fourth-order valence-corrected chi connectivity index (χ4v) is 2.90. The maximum atomic E-state index is 13.2. The van der Waals surface area contributed by atoms with Crippen molar-refractivity contribution in [1.82, 2.24) is 0 Å². The fraction of sp³-hybridized carbons (Fsp3) is 0.182. The molecule has 0 saturated heterocycles. The van der Waals surface area contributed by atoms with Crippen molar-refractivity contribution < 1.29 is 13.9 Å². The van der Waals surface area contributed by atoms with E-state index in [-0.39, 0.29) is 12.4 Å². The van der Waals surface area contributed by atoms with Crippen LogP contribution in [0.4, 0.5) is 10.1 Å². The Morgan fingerprint density at radius 2 is 1.78 bits per heavy atom. The van der Waals surface area contributed by atoms with E-state index in [0.29, 0.717) is 28.6 Å². The second-order valence-corrected chi connectivity index (χ2v) is 6.60. The average Bonchev–Trinajstić information content (AvgIpc) is 2.67. The van der Waals surface area contributed by atoms with E-state index in [1.807, 2.05) is 30.3 Å². The molecule has 0 aliphatic rings. The lowest BCUT2D eigenvalue weighted by Gasteiger charge is -2.16. The lowest BCUT2D eigenvalue weighted by molar-refractivity contribution is 0.281. The lowest BCUT2D eigenvalue weighted by atomic mass is 10.1. The third-order valence-corrected chi connectivity index (χ3v) is 4.55. The molecule has 0 atom stereocenters. The minimum Gasteiger partial charge on any atom is -0.493 e. The van der Waals surface area contributed by atoms with E-state index in [2.05, 4.69) is 24.4 Å². The third-order valence-electron chi connectivity index (χ3n) is 4.20. The van der Waals surface area contributed by atoms with Crippen molar-refractivity contribution >= 4 is 17.3 Å². The Morgan fingerprint density at radius 1 is 1.00 bits per heavy atom. The summed E-state index contributed by atoms with van der Waals surface area (Å²) in [5.41, 5.74) is 3.90. The first-order valence-electron chi connectivity index (χ1n) is 8.60. The molecular formula is C22H21ClFNO2. The predicted molar refractivity (Wildman–Crippen MR) is 107 cm³/mol. The van der Waals surface area contributed by atoms with Gasteiger partial charge in [-0.25, -0.2) is 4.39 Å². The second-order valence-electron chi connectivity index (χ2n) is 6.19. The van der Waals surface area contributed by atoms with Gasteiger partial charge in [0.1, 0.15) is 12.4 Å². The molecule has 27 heavy (non-hydrogen) atoms. The number of hydrogen-bond acceptors (Lipinski definition) is 3. The van der Waals surface area contributed by atoms with Crippen LogP contribution in [-0.2, 0) is 13.2 Å². The zero-order valence-electron chi connectivity index (χ0n) is 15.3. The molecule has 3 aromatic carbocycles. The van der Waals surface area contributed by atoms with E-state index in [0.717, 1.165) is 11.3 Å². The first-order chi connectivity index (χ1) is 13.1. The van der Waals surface area contributed by atoms with Crippen molar-refractivity contribution in [3.8, 4) is 11.5 Å². The van der Waals surface area contributed by atoms with E-state index in [1.165, 1.54) is 17.7 Å². The van der Waals surface area contributed by atoms with Crippen LogP contribution in [0.25, 0.3) is 0 Å². The minimum atomic E-state index is -0.371. The van der Waals surface area contributed by atoms with E-state index < -0.39 is 0 Å². The van der Waals surface area contributed by atoms with Gasteiger partial charge in [-0.1, -0.05) is 47.5 Å². The van der Waals surface area contributed by atoms with Gasteiger partial charge in [0.2, 0.25) is 0 Å². The molecule has 0 radical (unpaired) electrons. The summed E-state index contributed by atoms with van der Waals surface area (Å²) in [7, 11) is 1.60. The smallest absolute Gasteiger partial charge is 0.166 e. The van der Waals surface area contributed by atoms with Gasteiger partial charge in [-0.05, 0) is 37.3 Å². The summed E-state index contributed by atoms with van der Waals surface area (Å²) >= 11 is 6.10. The summed E-state index contributed by atoms with van der Waals surface area (Å²) in [4.78, 5) is 0. The molecule has 0 bridgehead atoms. The van der Waals surface area contributed by atoms with Gasteiger partial charge < -0.3 is 14.8 Å². The van der Waals surface area contributed by atoms with Gasteiger partial charge >= 0.3 is 0 Å². The van der Waals surface area contributed by atoms with Gasteiger partial charge in [-0.2, -0.15) is 0 Å². The molecule has 1 N–H and O–H groups in total. The molecule has 0 amide bonds. The van der Waals surface area contributed by atoms with E-state index in [1.54, 1.807) is 13.2 Å². The van der Waals surface area contributed by atoms with Gasteiger partial charge in [0.15, 0.2) is 11.5 Å². The van der Waals surface area contributed by atoms with E-state index >= 15 is 0 Å². The molecule has 0 fully saturated rings. The number of halogens is 2. The summed E-state index contributed by atoms with van der Waals surface area (Å²) in [6.07, 6.45) is 0. The number of para-hydroxylation sites is 1. The molecule has 3 rings (SSSR count). The van der Waals surface area contributed by atoms with Crippen LogP contribution in [0, 0.1) is 12.7 Å². The number of benzene rings is 3. The average molecular weight is 386 g/mol. The normalized spacial score (nSPS) is 10.5. The number of ether oxygens (including phenoxy) is 2. The predicted octanol–water partition coefficient (Wildman–Crippen LogP) is 5.99. The molecule has 5 heteroatoms. The Bertz CT molecular complexity index is 913. The van der Waals surface area contributed by atoms with Crippen LogP contribution in [0.15, 0.2) is 60.7 Å². The summed E-state index contributed by atoms with van der Waals surface area (Å²) < 4.78 is 24.7. The Balaban J connectivity index is 1.77. The number of methoxy groups -OCH3 is 1. The largest absolute Gasteiger partial charge is 0.493 e. The van der Waals surface area contributed by atoms with E-state index in [4.69, 9.17) is 21.1 Å². The Morgan fingerprint density at radius 3 is 2.48 bits per heavy atom. The maximum absolute atomic E-state index is 13.2. The van der Waals surface area contributed by atoms with Crippen molar-refractivity contribution in [2.75, 3.05) is 12.4 Å². The molecule has 3 nitrogen and oxygen atoms in total. The topological polar surface area (TPSA) is 30.5 Å². The first kappa shape index (κ1) is 19.1. The van der Waals surface area contributed by atoms with Crippen LogP contribution in [0.1, 0.15) is 16.7 Å². The van der Waals surface area contributed by atoms with Gasteiger partial charge in [0.25, 0.3) is 0 Å². The highest BCUT2D eigenvalue weighted by Gasteiger charge is 2.12. The maximum Gasteiger partial charge on any atom is 0.166 e. The van der Waals surface area contributed by atoms with Crippen LogP contribution in [-0.4, -0.2) is 7.11 Å². The summed E-state index contributed by atoms with van der Waals surface area (Å²) in [5.74, 6) is 0.903. The standard InChI is InChI=1S/C22H21ClFNO2/c1-15-6-10-19(11-7-15)25-13-16-4-3-5-21(26-2)22(16)27-14-17-8-9-18(24)12-20(17)23/h3-12,25H,13-14H2,1-2H3. The molecule has 0 aliphatic carbocycles. The minimum absolute atomic E-state index is 0.219. The highest BCUT2D eigenvalue weighted by Crippen LogP contribution is 2.33. The number of aryl methyl sites for hydroxylation is 1. The van der Waals surface area contributed by atoms with Crippen molar-refractivity contribution in [2.45, 2.75) is 20.1 Å². The zero-order chi connectivity index (χ0) is 19.2. The zero-order valence-corrected chi connectivity index (χ0v) is 16.0. The molecule has 0 spiro atoms. The Hall–Kier alpha value is -2.72. The summed E-state index contributed by atoms with van der Waals surface area (Å²) in [6.45, 7) is 2.85. The number of rotatable bonds is 7. The number of anilines is 1. The van der Waals surface area contributed by atoms with Gasteiger partial charge in [-0.3, -0.25) is 0 Å². The molecule has 3 aromatic rings. The van der Waals surface area contributed by atoms with Crippen LogP contribution < -0.4 is 14.8 Å².